The van der Waals surface area contributed by atoms with Crippen LogP contribution < -0.4 is 10.1 Å². The van der Waals surface area contributed by atoms with E-state index in [-0.39, 0.29) is 5.75 Å². The molecule has 3 nitrogen and oxygen atoms in total. The predicted octanol–water partition coefficient (Wildman–Crippen LogP) is 3.85. The molecule has 0 aromatic heterocycles. The van der Waals surface area contributed by atoms with Crippen LogP contribution in [0.25, 0.3) is 0 Å². The van der Waals surface area contributed by atoms with E-state index < -0.39 is 0 Å². The van der Waals surface area contributed by atoms with Crippen LogP contribution in [0.4, 0.5) is 0 Å². The highest BCUT2D eigenvalue weighted by molar-refractivity contribution is 5.41. The lowest BCUT2D eigenvalue weighted by atomic mass is 9.83. The fourth-order valence-corrected chi connectivity index (χ4v) is 3.17. The largest absolute Gasteiger partial charge is 0.504 e. The number of benzene rings is 1. The molecule has 1 aromatic carbocycles. The summed E-state index contributed by atoms with van der Waals surface area (Å²) in [6, 6.07) is 6.25. The minimum absolute atomic E-state index is 0.221. The number of hydrogen-bond donors (Lipinski definition) is 2. The van der Waals surface area contributed by atoms with Gasteiger partial charge in [-0.25, -0.2) is 0 Å². The molecule has 112 valence electrons. The van der Waals surface area contributed by atoms with Crippen molar-refractivity contribution < 1.29 is 9.84 Å². The number of phenolic OH excluding ortho intramolecular Hbond substituents is 1. The Labute approximate surface area is 122 Å². The van der Waals surface area contributed by atoms with E-state index in [1.807, 2.05) is 12.1 Å². The molecular weight excluding hydrogens is 250 g/mol. The molecule has 3 heteroatoms. The van der Waals surface area contributed by atoms with E-state index in [2.05, 4.69) is 12.2 Å². The second kappa shape index (κ2) is 7.53. The van der Waals surface area contributed by atoms with Crippen molar-refractivity contribution >= 4 is 0 Å². The van der Waals surface area contributed by atoms with Gasteiger partial charge in [-0.2, -0.15) is 0 Å². The first-order valence-corrected chi connectivity index (χ1v) is 7.82. The summed E-state index contributed by atoms with van der Waals surface area (Å²) in [6.07, 6.45) is 7.99. The molecule has 0 radical (unpaired) electrons. The van der Waals surface area contributed by atoms with Gasteiger partial charge in [0.25, 0.3) is 0 Å². The van der Waals surface area contributed by atoms with E-state index in [1.165, 1.54) is 38.5 Å². The van der Waals surface area contributed by atoms with Crippen LogP contribution in [0.3, 0.4) is 0 Å². The summed E-state index contributed by atoms with van der Waals surface area (Å²) in [5.41, 5.74) is 1.11. The predicted molar refractivity (Wildman–Crippen MR) is 82.2 cm³/mol. The number of aromatic hydroxyl groups is 1. The number of methoxy groups -OCH3 is 1. The van der Waals surface area contributed by atoms with Crippen LogP contribution in [0.2, 0.25) is 0 Å². The van der Waals surface area contributed by atoms with Gasteiger partial charge in [-0.1, -0.05) is 25.8 Å². The number of phenols is 1. The first-order chi connectivity index (χ1) is 9.72. The van der Waals surface area contributed by atoms with E-state index in [9.17, 15) is 5.11 Å². The van der Waals surface area contributed by atoms with Crippen molar-refractivity contribution in [2.45, 2.75) is 58.0 Å². The summed E-state index contributed by atoms with van der Waals surface area (Å²) in [6.45, 7) is 3.10. The van der Waals surface area contributed by atoms with E-state index in [4.69, 9.17) is 4.74 Å². The summed E-state index contributed by atoms with van der Waals surface area (Å²) < 4.78 is 5.06. The lowest BCUT2D eigenvalue weighted by molar-refractivity contribution is 0.277. The fraction of sp³-hybridized carbons (Fsp3) is 0.647. The molecule has 0 atom stereocenters. The van der Waals surface area contributed by atoms with E-state index in [0.29, 0.717) is 11.8 Å². The Morgan fingerprint density at radius 3 is 2.60 bits per heavy atom. The van der Waals surface area contributed by atoms with Gasteiger partial charge in [0.15, 0.2) is 11.5 Å². The van der Waals surface area contributed by atoms with E-state index in [0.717, 1.165) is 18.0 Å². The van der Waals surface area contributed by atoms with Gasteiger partial charge in [-0.15, -0.1) is 0 Å². The Hall–Kier alpha value is -1.22. The molecule has 0 aliphatic heterocycles. The van der Waals surface area contributed by atoms with Crippen molar-refractivity contribution in [2.24, 2.45) is 5.92 Å². The van der Waals surface area contributed by atoms with Crippen LogP contribution in [0.5, 0.6) is 11.5 Å². The van der Waals surface area contributed by atoms with Crippen molar-refractivity contribution in [2.75, 3.05) is 7.11 Å². The zero-order valence-corrected chi connectivity index (χ0v) is 12.7. The summed E-state index contributed by atoms with van der Waals surface area (Å²) >= 11 is 0. The summed E-state index contributed by atoms with van der Waals surface area (Å²) in [5.74, 6) is 1.70. The highest BCUT2D eigenvalue weighted by Gasteiger charge is 2.19. The molecule has 2 rings (SSSR count). The number of ether oxygens (including phenoxy) is 1. The Balaban J connectivity index is 1.77. The lowest BCUT2D eigenvalue weighted by Crippen LogP contribution is -2.32. The smallest absolute Gasteiger partial charge is 0.160 e. The van der Waals surface area contributed by atoms with Crippen LogP contribution in [-0.4, -0.2) is 18.3 Å². The normalized spacial score (nSPS) is 22.7. The highest BCUT2D eigenvalue weighted by atomic mass is 16.5. The van der Waals surface area contributed by atoms with Gasteiger partial charge in [0.2, 0.25) is 0 Å². The van der Waals surface area contributed by atoms with Crippen molar-refractivity contribution in [3.63, 3.8) is 0 Å². The van der Waals surface area contributed by atoms with Crippen molar-refractivity contribution in [1.82, 2.24) is 5.32 Å². The molecule has 1 aromatic rings. The molecule has 1 saturated carbocycles. The molecule has 1 aliphatic carbocycles. The van der Waals surface area contributed by atoms with E-state index in [1.54, 1.807) is 13.2 Å². The number of hydrogen-bond acceptors (Lipinski definition) is 3. The highest BCUT2D eigenvalue weighted by Crippen LogP contribution is 2.29. The molecule has 0 spiro atoms. The average Bonchev–Trinajstić information content (AvgIpc) is 2.47. The van der Waals surface area contributed by atoms with Crippen LogP contribution >= 0.6 is 0 Å². The molecule has 20 heavy (non-hydrogen) atoms. The quantitative estimate of drug-likeness (QED) is 0.830. The Morgan fingerprint density at radius 1 is 1.25 bits per heavy atom. The van der Waals surface area contributed by atoms with Gasteiger partial charge in [-0.05, 0) is 49.3 Å². The monoisotopic (exact) mass is 277 g/mol. The summed E-state index contributed by atoms with van der Waals surface area (Å²) in [4.78, 5) is 0. The molecule has 0 saturated heterocycles. The second-order valence-corrected chi connectivity index (χ2v) is 5.89. The minimum Gasteiger partial charge on any atom is -0.504 e. The van der Waals surface area contributed by atoms with Crippen molar-refractivity contribution in [3.8, 4) is 11.5 Å². The minimum atomic E-state index is 0.221. The maximum atomic E-state index is 9.77. The van der Waals surface area contributed by atoms with Gasteiger partial charge in [0.05, 0.1) is 7.11 Å². The van der Waals surface area contributed by atoms with Gasteiger partial charge < -0.3 is 15.2 Å². The van der Waals surface area contributed by atoms with Gasteiger partial charge >= 0.3 is 0 Å². The Morgan fingerprint density at radius 2 is 2.00 bits per heavy atom. The Bertz CT molecular complexity index is 411. The lowest BCUT2D eigenvalue weighted by Gasteiger charge is -2.29. The van der Waals surface area contributed by atoms with Crippen molar-refractivity contribution in [1.29, 1.82) is 0 Å². The maximum absolute atomic E-state index is 9.77. The SMILES string of the molecule is CCCC1CCC(NCc2ccc(OC)c(O)c2)CC1. The molecule has 0 amide bonds. The van der Waals surface area contributed by atoms with E-state index >= 15 is 0 Å². The van der Waals surface area contributed by atoms with Crippen LogP contribution in [0.1, 0.15) is 51.0 Å². The summed E-state index contributed by atoms with van der Waals surface area (Å²) in [7, 11) is 1.57. The van der Waals surface area contributed by atoms with Crippen molar-refractivity contribution in [3.05, 3.63) is 23.8 Å². The first kappa shape index (κ1) is 15.2. The molecular formula is C17H27NO2. The van der Waals surface area contributed by atoms with Gasteiger partial charge in [-0.3, -0.25) is 0 Å². The molecule has 1 fully saturated rings. The van der Waals surface area contributed by atoms with Gasteiger partial charge in [0, 0.05) is 12.6 Å². The standard InChI is InChI=1S/C17H27NO2/c1-3-4-13-5-8-15(9-6-13)18-12-14-7-10-17(20-2)16(19)11-14/h7,10-11,13,15,18-19H,3-6,8-9,12H2,1-2H3. The van der Waals surface area contributed by atoms with Gasteiger partial charge in [0.1, 0.15) is 0 Å². The second-order valence-electron chi connectivity index (χ2n) is 5.89. The zero-order chi connectivity index (χ0) is 14.4. The molecule has 1 aliphatic rings. The topological polar surface area (TPSA) is 41.5 Å². The average molecular weight is 277 g/mol. The molecule has 0 heterocycles. The number of nitrogens with one attached hydrogen (secondary N) is 1. The molecule has 0 unspecified atom stereocenters. The zero-order valence-electron chi connectivity index (χ0n) is 12.7. The fourth-order valence-electron chi connectivity index (χ4n) is 3.17. The maximum Gasteiger partial charge on any atom is 0.160 e. The molecule has 0 bridgehead atoms. The van der Waals surface area contributed by atoms with Crippen LogP contribution in [0, 0.1) is 5.92 Å². The molecule has 2 N–H and O–H groups in total. The Kier molecular flexibility index (Phi) is 5.72. The third kappa shape index (κ3) is 4.14. The summed E-state index contributed by atoms with van der Waals surface area (Å²) in [5, 5.41) is 13.4. The first-order valence-electron chi connectivity index (χ1n) is 7.82. The third-order valence-corrected chi connectivity index (χ3v) is 4.38. The van der Waals surface area contributed by atoms with Crippen LogP contribution in [0.15, 0.2) is 18.2 Å². The number of rotatable bonds is 6. The van der Waals surface area contributed by atoms with Crippen LogP contribution in [-0.2, 0) is 6.54 Å². The third-order valence-electron chi connectivity index (χ3n) is 4.38.